The predicted molar refractivity (Wildman–Crippen MR) is 86.8 cm³/mol. The summed E-state index contributed by atoms with van der Waals surface area (Å²) in [5.74, 6) is 0.813. The predicted octanol–water partition coefficient (Wildman–Crippen LogP) is 0.387. The van der Waals surface area contributed by atoms with Crippen LogP contribution in [0.3, 0.4) is 0 Å². The number of benzene rings is 1. The number of para-hydroxylation sites is 1. The van der Waals surface area contributed by atoms with E-state index in [1.807, 2.05) is 29.2 Å². The molecule has 3 N–H and O–H groups in total. The van der Waals surface area contributed by atoms with E-state index in [-0.39, 0.29) is 23.5 Å². The number of methoxy groups -OCH3 is 1. The molecule has 0 spiro atoms. The summed E-state index contributed by atoms with van der Waals surface area (Å²) in [7, 11) is 1.63. The molecule has 7 heteroatoms. The fourth-order valence-corrected chi connectivity index (χ4v) is 3.19. The molecule has 0 radical (unpaired) electrons. The number of nitrogens with two attached hydrogens (primary N) is 1. The SMILES string of the molecule is COc1ccccc1C1CNCCN1C(=O)CSCC(N)=O. The van der Waals surface area contributed by atoms with Gasteiger partial charge in [0.1, 0.15) is 5.75 Å². The van der Waals surface area contributed by atoms with Crippen LogP contribution in [0.5, 0.6) is 5.75 Å². The third-order valence-electron chi connectivity index (χ3n) is 3.53. The number of nitrogens with one attached hydrogen (secondary N) is 1. The minimum Gasteiger partial charge on any atom is -0.496 e. The Hall–Kier alpha value is -1.73. The maximum atomic E-state index is 12.4. The number of ether oxygens (including phenoxy) is 1. The highest BCUT2D eigenvalue weighted by Crippen LogP contribution is 2.30. The lowest BCUT2D eigenvalue weighted by atomic mass is 10.0. The third-order valence-corrected chi connectivity index (χ3v) is 4.47. The molecule has 1 fully saturated rings. The van der Waals surface area contributed by atoms with Crippen LogP contribution >= 0.6 is 11.8 Å². The molecule has 1 aliphatic rings. The number of thioether (sulfide) groups is 1. The molecule has 1 saturated heterocycles. The first-order valence-corrected chi connectivity index (χ1v) is 8.28. The molecule has 22 heavy (non-hydrogen) atoms. The van der Waals surface area contributed by atoms with Crippen molar-refractivity contribution in [2.75, 3.05) is 38.2 Å². The minimum absolute atomic E-state index is 0.0173. The summed E-state index contributed by atoms with van der Waals surface area (Å²) in [6.07, 6.45) is 0. The van der Waals surface area contributed by atoms with Crippen molar-refractivity contribution in [3.63, 3.8) is 0 Å². The van der Waals surface area contributed by atoms with Gasteiger partial charge in [-0.2, -0.15) is 0 Å². The van der Waals surface area contributed by atoms with Gasteiger partial charge in [0.25, 0.3) is 0 Å². The molecule has 2 rings (SSSR count). The van der Waals surface area contributed by atoms with Gasteiger partial charge < -0.3 is 20.7 Å². The van der Waals surface area contributed by atoms with Gasteiger partial charge in [0.05, 0.1) is 24.7 Å². The van der Waals surface area contributed by atoms with Crippen molar-refractivity contribution in [1.29, 1.82) is 0 Å². The first kappa shape index (κ1) is 16.6. The standard InChI is InChI=1S/C15H21N3O3S/c1-21-13-5-3-2-4-11(13)12-8-17-6-7-18(12)15(20)10-22-9-14(16)19/h2-5,12,17H,6-10H2,1H3,(H2,16,19). The lowest BCUT2D eigenvalue weighted by Crippen LogP contribution is -2.49. The highest BCUT2D eigenvalue weighted by molar-refractivity contribution is 8.00. The van der Waals surface area contributed by atoms with Gasteiger partial charge in [-0.15, -0.1) is 11.8 Å². The highest BCUT2D eigenvalue weighted by Gasteiger charge is 2.29. The molecule has 0 bridgehead atoms. The van der Waals surface area contributed by atoms with Gasteiger partial charge in [-0.1, -0.05) is 18.2 Å². The van der Waals surface area contributed by atoms with Crippen LogP contribution in [0.25, 0.3) is 0 Å². The van der Waals surface area contributed by atoms with Crippen LogP contribution in [0.4, 0.5) is 0 Å². The average Bonchev–Trinajstić information content (AvgIpc) is 2.54. The van der Waals surface area contributed by atoms with Crippen molar-refractivity contribution in [2.24, 2.45) is 5.73 Å². The Balaban J connectivity index is 2.10. The summed E-state index contributed by atoms with van der Waals surface area (Å²) in [4.78, 5) is 25.1. The summed E-state index contributed by atoms with van der Waals surface area (Å²) >= 11 is 1.25. The topological polar surface area (TPSA) is 84.7 Å². The summed E-state index contributed by atoms with van der Waals surface area (Å²) < 4.78 is 5.41. The quantitative estimate of drug-likeness (QED) is 0.791. The lowest BCUT2D eigenvalue weighted by molar-refractivity contribution is -0.131. The molecule has 0 saturated carbocycles. The Morgan fingerprint density at radius 3 is 2.91 bits per heavy atom. The summed E-state index contributed by atoms with van der Waals surface area (Å²) in [6, 6.07) is 7.67. The Kier molecular flexibility index (Phi) is 6.09. The lowest BCUT2D eigenvalue weighted by Gasteiger charge is -2.37. The van der Waals surface area contributed by atoms with E-state index in [1.165, 1.54) is 11.8 Å². The maximum absolute atomic E-state index is 12.4. The van der Waals surface area contributed by atoms with E-state index in [0.717, 1.165) is 17.9 Å². The summed E-state index contributed by atoms with van der Waals surface area (Å²) in [5.41, 5.74) is 6.09. The van der Waals surface area contributed by atoms with Crippen molar-refractivity contribution in [3.05, 3.63) is 29.8 Å². The molecule has 0 aromatic heterocycles. The number of piperazine rings is 1. The van der Waals surface area contributed by atoms with Gasteiger partial charge in [0, 0.05) is 25.2 Å². The number of amides is 2. The second-order valence-electron chi connectivity index (χ2n) is 5.01. The van der Waals surface area contributed by atoms with Gasteiger partial charge in [0.2, 0.25) is 11.8 Å². The van der Waals surface area contributed by atoms with Crippen molar-refractivity contribution in [2.45, 2.75) is 6.04 Å². The van der Waals surface area contributed by atoms with Gasteiger partial charge in [-0.05, 0) is 6.07 Å². The molecule has 120 valence electrons. The number of primary amides is 1. The number of hydrogen-bond acceptors (Lipinski definition) is 5. The molecule has 1 heterocycles. The maximum Gasteiger partial charge on any atom is 0.233 e. The van der Waals surface area contributed by atoms with Crippen LogP contribution in [0.2, 0.25) is 0 Å². The third kappa shape index (κ3) is 4.14. The summed E-state index contributed by atoms with van der Waals surface area (Å²) in [6.45, 7) is 2.09. The Labute approximate surface area is 134 Å². The Morgan fingerprint density at radius 2 is 2.18 bits per heavy atom. The minimum atomic E-state index is -0.403. The zero-order valence-corrected chi connectivity index (χ0v) is 13.4. The van der Waals surface area contributed by atoms with Crippen LogP contribution in [0, 0.1) is 0 Å². The Bertz CT molecular complexity index is 539. The molecule has 1 aliphatic heterocycles. The number of hydrogen-bond donors (Lipinski definition) is 2. The number of carbonyl (C=O) groups is 2. The van der Waals surface area contributed by atoms with E-state index in [4.69, 9.17) is 10.5 Å². The highest BCUT2D eigenvalue weighted by atomic mass is 32.2. The fraction of sp³-hybridized carbons (Fsp3) is 0.467. The Morgan fingerprint density at radius 1 is 1.41 bits per heavy atom. The first-order valence-electron chi connectivity index (χ1n) is 7.12. The molecular formula is C15H21N3O3S. The van der Waals surface area contributed by atoms with E-state index >= 15 is 0 Å². The normalized spacial score (nSPS) is 18.0. The number of rotatable bonds is 6. The molecule has 6 nitrogen and oxygen atoms in total. The average molecular weight is 323 g/mol. The van der Waals surface area contributed by atoms with Crippen molar-refractivity contribution in [1.82, 2.24) is 10.2 Å². The fourth-order valence-electron chi connectivity index (χ4n) is 2.54. The molecule has 0 aliphatic carbocycles. The molecular weight excluding hydrogens is 302 g/mol. The monoisotopic (exact) mass is 323 g/mol. The molecule has 1 aromatic rings. The zero-order valence-electron chi connectivity index (χ0n) is 12.6. The number of carbonyl (C=O) groups excluding carboxylic acids is 2. The smallest absolute Gasteiger partial charge is 0.233 e. The first-order chi connectivity index (χ1) is 10.6. The van der Waals surface area contributed by atoms with Gasteiger partial charge in [-0.3, -0.25) is 9.59 Å². The van der Waals surface area contributed by atoms with Crippen LogP contribution in [-0.2, 0) is 9.59 Å². The van der Waals surface area contributed by atoms with E-state index in [9.17, 15) is 9.59 Å². The van der Waals surface area contributed by atoms with E-state index in [2.05, 4.69) is 5.32 Å². The van der Waals surface area contributed by atoms with Crippen LogP contribution in [0.15, 0.2) is 24.3 Å². The van der Waals surface area contributed by atoms with Crippen LogP contribution < -0.4 is 15.8 Å². The van der Waals surface area contributed by atoms with E-state index < -0.39 is 5.91 Å². The molecule has 1 aromatic carbocycles. The van der Waals surface area contributed by atoms with E-state index in [1.54, 1.807) is 7.11 Å². The van der Waals surface area contributed by atoms with Crippen molar-refractivity contribution in [3.8, 4) is 5.75 Å². The molecule has 2 amide bonds. The van der Waals surface area contributed by atoms with Crippen LogP contribution in [-0.4, -0.2) is 55.0 Å². The second kappa shape index (κ2) is 8.05. The molecule has 1 atom stereocenters. The van der Waals surface area contributed by atoms with Gasteiger partial charge >= 0.3 is 0 Å². The van der Waals surface area contributed by atoms with Crippen molar-refractivity contribution < 1.29 is 14.3 Å². The second-order valence-corrected chi connectivity index (χ2v) is 5.99. The zero-order chi connectivity index (χ0) is 15.9. The van der Waals surface area contributed by atoms with Gasteiger partial charge in [-0.25, -0.2) is 0 Å². The van der Waals surface area contributed by atoms with E-state index in [0.29, 0.717) is 13.1 Å². The largest absolute Gasteiger partial charge is 0.496 e. The molecule has 1 unspecified atom stereocenters. The van der Waals surface area contributed by atoms with Gasteiger partial charge in [0.15, 0.2) is 0 Å². The number of nitrogens with zero attached hydrogens (tertiary/aromatic N) is 1. The van der Waals surface area contributed by atoms with Crippen molar-refractivity contribution >= 4 is 23.6 Å². The van der Waals surface area contributed by atoms with Crippen LogP contribution in [0.1, 0.15) is 11.6 Å². The summed E-state index contributed by atoms with van der Waals surface area (Å²) in [5, 5.41) is 3.31.